The molecule has 0 saturated heterocycles. The van der Waals surface area contributed by atoms with E-state index in [4.69, 9.17) is 4.74 Å². The lowest BCUT2D eigenvalue weighted by Crippen LogP contribution is -2.28. The number of amides is 1. The van der Waals surface area contributed by atoms with E-state index in [1.54, 1.807) is 0 Å². The van der Waals surface area contributed by atoms with Gasteiger partial charge in [0, 0.05) is 32.6 Å². The molecule has 0 fully saturated rings. The number of aromatic nitrogens is 3. The highest BCUT2D eigenvalue weighted by molar-refractivity contribution is 5.78. The smallest absolute Gasteiger partial charge is 0.224 e. The van der Waals surface area contributed by atoms with Gasteiger partial charge in [0.25, 0.3) is 0 Å². The van der Waals surface area contributed by atoms with Gasteiger partial charge in [-0.05, 0) is 37.1 Å². The Kier molecular flexibility index (Phi) is 7.17. The van der Waals surface area contributed by atoms with Crippen LogP contribution < -0.4 is 10.1 Å². The van der Waals surface area contributed by atoms with Gasteiger partial charge < -0.3 is 14.6 Å². The number of fused-ring (bicyclic) bond motifs is 1. The lowest BCUT2D eigenvalue weighted by molar-refractivity contribution is -0.120. The summed E-state index contributed by atoms with van der Waals surface area (Å²) in [6.07, 6.45) is 1.40. The zero-order chi connectivity index (χ0) is 22.3. The molecule has 0 spiro atoms. The second-order valence-corrected chi connectivity index (χ2v) is 8.46. The maximum atomic E-state index is 12.3. The molecule has 4 rings (SSSR count). The number of rotatable bonds is 8. The number of hydrogen-bond donors (Lipinski definition) is 1. The number of benzene rings is 2. The normalized spacial score (nSPS) is 14.1. The highest BCUT2D eigenvalue weighted by atomic mass is 16.5. The molecule has 0 aliphatic carbocycles. The molecule has 32 heavy (non-hydrogen) atoms. The van der Waals surface area contributed by atoms with Crippen molar-refractivity contribution < 1.29 is 9.53 Å². The van der Waals surface area contributed by atoms with Gasteiger partial charge in [0.1, 0.15) is 11.6 Å². The molecule has 0 unspecified atom stereocenters. The average Bonchev–Trinajstić information content (AvgIpc) is 3.06. The first-order valence-electron chi connectivity index (χ1n) is 11.3. The van der Waals surface area contributed by atoms with Crippen molar-refractivity contribution in [2.24, 2.45) is 0 Å². The minimum absolute atomic E-state index is 0.00584. The van der Waals surface area contributed by atoms with Crippen molar-refractivity contribution in [3.8, 4) is 5.75 Å². The Hall–Kier alpha value is -3.19. The average molecular weight is 434 g/mol. The molecule has 1 N–H and O–H groups in total. The van der Waals surface area contributed by atoms with Crippen molar-refractivity contribution in [3.63, 3.8) is 0 Å². The molecule has 1 aliphatic heterocycles. The van der Waals surface area contributed by atoms with Crippen LogP contribution in [0, 0.1) is 0 Å². The summed E-state index contributed by atoms with van der Waals surface area (Å²) in [5.74, 6) is 2.71. The van der Waals surface area contributed by atoms with Gasteiger partial charge in [-0.25, -0.2) is 0 Å². The third kappa shape index (κ3) is 5.95. The van der Waals surface area contributed by atoms with E-state index in [1.807, 2.05) is 56.3 Å². The van der Waals surface area contributed by atoms with E-state index < -0.39 is 0 Å². The molecule has 2 heterocycles. The van der Waals surface area contributed by atoms with Gasteiger partial charge in [-0.3, -0.25) is 9.69 Å². The van der Waals surface area contributed by atoms with Crippen LogP contribution in [0.4, 0.5) is 0 Å². The SMILES string of the molecule is CC(C)Oc1ccc(CN2CCc3nnc(CNC(=O)Cc4ccccc4)n3CC2)cc1. The van der Waals surface area contributed by atoms with Gasteiger partial charge in [0.15, 0.2) is 5.82 Å². The molecule has 0 bridgehead atoms. The van der Waals surface area contributed by atoms with Crippen molar-refractivity contribution in [1.29, 1.82) is 0 Å². The molecule has 7 heteroatoms. The fourth-order valence-electron chi connectivity index (χ4n) is 3.94. The van der Waals surface area contributed by atoms with E-state index in [2.05, 4.69) is 37.1 Å². The summed E-state index contributed by atoms with van der Waals surface area (Å²) < 4.78 is 7.89. The van der Waals surface area contributed by atoms with Gasteiger partial charge in [0.2, 0.25) is 5.91 Å². The molecule has 1 aliphatic rings. The van der Waals surface area contributed by atoms with Crippen molar-refractivity contribution in [2.45, 2.75) is 52.4 Å². The van der Waals surface area contributed by atoms with Gasteiger partial charge in [-0.15, -0.1) is 10.2 Å². The van der Waals surface area contributed by atoms with Crippen LogP contribution in [0.25, 0.3) is 0 Å². The second-order valence-electron chi connectivity index (χ2n) is 8.46. The topological polar surface area (TPSA) is 72.3 Å². The second kappa shape index (κ2) is 10.4. The minimum Gasteiger partial charge on any atom is -0.491 e. The summed E-state index contributed by atoms with van der Waals surface area (Å²) in [5, 5.41) is 11.7. The van der Waals surface area contributed by atoms with Gasteiger partial charge in [0.05, 0.1) is 19.1 Å². The van der Waals surface area contributed by atoms with Crippen molar-refractivity contribution >= 4 is 5.91 Å². The van der Waals surface area contributed by atoms with E-state index in [0.717, 1.165) is 55.6 Å². The molecule has 0 radical (unpaired) electrons. The maximum absolute atomic E-state index is 12.3. The van der Waals surface area contributed by atoms with E-state index in [1.165, 1.54) is 5.56 Å². The third-order valence-corrected chi connectivity index (χ3v) is 5.55. The molecular weight excluding hydrogens is 402 g/mol. The molecule has 168 valence electrons. The summed E-state index contributed by atoms with van der Waals surface area (Å²) in [7, 11) is 0. The number of nitrogens with one attached hydrogen (secondary N) is 1. The zero-order valence-corrected chi connectivity index (χ0v) is 18.8. The summed E-state index contributed by atoms with van der Waals surface area (Å²) in [6, 6.07) is 18.1. The molecule has 1 aromatic heterocycles. The number of ether oxygens (including phenoxy) is 1. The molecule has 2 aromatic carbocycles. The monoisotopic (exact) mass is 433 g/mol. The molecule has 0 atom stereocenters. The Morgan fingerprint density at radius 1 is 1.00 bits per heavy atom. The number of hydrogen-bond acceptors (Lipinski definition) is 5. The molecular formula is C25H31N5O2. The Labute approximate surface area is 189 Å². The van der Waals surface area contributed by atoms with Crippen LogP contribution in [0.2, 0.25) is 0 Å². The highest BCUT2D eigenvalue weighted by Crippen LogP contribution is 2.17. The van der Waals surface area contributed by atoms with Gasteiger partial charge in [-0.1, -0.05) is 42.5 Å². The lowest BCUT2D eigenvalue weighted by Gasteiger charge is -2.20. The van der Waals surface area contributed by atoms with E-state index >= 15 is 0 Å². The highest BCUT2D eigenvalue weighted by Gasteiger charge is 2.19. The van der Waals surface area contributed by atoms with Crippen molar-refractivity contribution in [2.75, 3.05) is 13.1 Å². The quantitative estimate of drug-likeness (QED) is 0.591. The zero-order valence-electron chi connectivity index (χ0n) is 18.8. The summed E-state index contributed by atoms with van der Waals surface area (Å²) in [5.41, 5.74) is 2.27. The first-order valence-corrected chi connectivity index (χ1v) is 11.3. The Morgan fingerprint density at radius 3 is 2.53 bits per heavy atom. The van der Waals surface area contributed by atoms with Crippen molar-refractivity contribution in [1.82, 2.24) is 25.0 Å². The maximum Gasteiger partial charge on any atom is 0.224 e. The fourth-order valence-corrected chi connectivity index (χ4v) is 3.94. The summed E-state index contributed by atoms with van der Waals surface area (Å²) >= 11 is 0. The third-order valence-electron chi connectivity index (χ3n) is 5.55. The van der Waals surface area contributed by atoms with Gasteiger partial charge in [-0.2, -0.15) is 0 Å². The van der Waals surface area contributed by atoms with Crippen molar-refractivity contribution in [3.05, 3.63) is 77.4 Å². The standard InChI is InChI=1S/C25H31N5O2/c1-19(2)32-22-10-8-21(9-11-22)18-29-13-12-23-27-28-24(30(23)15-14-29)17-26-25(31)16-20-6-4-3-5-7-20/h3-11,19H,12-18H2,1-2H3,(H,26,31). The first-order chi connectivity index (χ1) is 15.6. The summed E-state index contributed by atoms with van der Waals surface area (Å²) in [4.78, 5) is 14.7. The predicted octanol–water partition coefficient (Wildman–Crippen LogP) is 2.98. The largest absolute Gasteiger partial charge is 0.491 e. The minimum atomic E-state index is -0.00584. The fraction of sp³-hybridized carbons (Fsp3) is 0.400. The van der Waals surface area contributed by atoms with Crippen LogP contribution in [0.3, 0.4) is 0 Å². The van der Waals surface area contributed by atoms with Crippen LogP contribution >= 0.6 is 0 Å². The van der Waals surface area contributed by atoms with E-state index in [0.29, 0.717) is 13.0 Å². The van der Waals surface area contributed by atoms with Crippen LogP contribution in [0.1, 0.15) is 36.6 Å². The van der Waals surface area contributed by atoms with Gasteiger partial charge >= 0.3 is 0 Å². The van der Waals surface area contributed by atoms with Crippen LogP contribution in [0.5, 0.6) is 5.75 Å². The Bertz CT molecular complexity index is 1010. The summed E-state index contributed by atoms with van der Waals surface area (Å²) in [6.45, 7) is 8.03. The number of nitrogens with zero attached hydrogens (tertiary/aromatic N) is 4. The van der Waals surface area contributed by atoms with E-state index in [9.17, 15) is 4.79 Å². The lowest BCUT2D eigenvalue weighted by atomic mass is 10.1. The van der Waals surface area contributed by atoms with Crippen LogP contribution in [-0.2, 0) is 37.3 Å². The molecule has 7 nitrogen and oxygen atoms in total. The number of carbonyl (C=O) groups excluding carboxylic acids is 1. The first kappa shape index (κ1) is 22.0. The molecule has 0 saturated carbocycles. The molecule has 1 amide bonds. The van der Waals surface area contributed by atoms with E-state index in [-0.39, 0.29) is 12.0 Å². The predicted molar refractivity (Wildman–Crippen MR) is 123 cm³/mol. The number of carbonyl (C=O) groups is 1. The Balaban J connectivity index is 1.29. The van der Waals surface area contributed by atoms with Crippen LogP contribution in [-0.4, -0.2) is 44.8 Å². The molecule has 3 aromatic rings. The van der Waals surface area contributed by atoms with Crippen LogP contribution in [0.15, 0.2) is 54.6 Å². The Morgan fingerprint density at radius 2 is 1.78 bits per heavy atom.